The molecule has 0 aromatic heterocycles. The number of Topliss-reactive ketones (excluding diaryl/α,β-unsaturated/α-hetero) is 1. The molecule has 0 spiro atoms. The molecule has 3 heteroatoms. The van der Waals surface area contributed by atoms with E-state index in [1.54, 1.807) is 0 Å². The highest BCUT2D eigenvalue weighted by Crippen LogP contribution is 2.33. The first kappa shape index (κ1) is 17.6. The Labute approximate surface area is 145 Å². The van der Waals surface area contributed by atoms with E-state index < -0.39 is 0 Å². The molecular weight excluding hydrogens is 300 g/mol. The Balaban J connectivity index is 1.36. The quantitative estimate of drug-likeness (QED) is 0.681. The van der Waals surface area contributed by atoms with Gasteiger partial charge < -0.3 is 9.47 Å². The van der Waals surface area contributed by atoms with Crippen molar-refractivity contribution >= 4 is 5.78 Å². The van der Waals surface area contributed by atoms with Gasteiger partial charge in [-0.05, 0) is 37.2 Å². The molecule has 0 bridgehead atoms. The molecule has 2 fully saturated rings. The molecule has 1 saturated carbocycles. The maximum absolute atomic E-state index is 12.1. The van der Waals surface area contributed by atoms with Crippen LogP contribution < -0.4 is 0 Å². The molecule has 1 aliphatic carbocycles. The smallest absolute Gasteiger partial charge is 0.138 e. The molecule has 24 heavy (non-hydrogen) atoms. The van der Waals surface area contributed by atoms with Crippen molar-refractivity contribution in [1.82, 2.24) is 0 Å². The van der Waals surface area contributed by atoms with Crippen molar-refractivity contribution in [3.63, 3.8) is 0 Å². The average molecular weight is 330 g/mol. The molecule has 2 aliphatic rings. The standard InChI is InChI=1S/C21H30O3/c22-19-14-20(24-21(15-19)18-10-5-2-6-11-18)12-7-13-23-16-17-8-3-1-4-9-17/h1,3-4,8-9,18,20-21H,2,5-7,10-16H2/t20-,21-/m1/s1. The predicted octanol–water partition coefficient (Wildman–Crippen LogP) is 4.68. The number of rotatable bonds is 7. The van der Waals surface area contributed by atoms with Crippen LogP contribution in [-0.4, -0.2) is 24.6 Å². The minimum absolute atomic E-state index is 0.110. The highest BCUT2D eigenvalue weighted by Gasteiger charge is 2.33. The van der Waals surface area contributed by atoms with Crippen LogP contribution in [0, 0.1) is 5.92 Å². The van der Waals surface area contributed by atoms with Crippen LogP contribution >= 0.6 is 0 Å². The van der Waals surface area contributed by atoms with Crippen LogP contribution in [0.3, 0.4) is 0 Å². The normalized spacial score (nSPS) is 25.8. The third kappa shape index (κ3) is 5.42. The van der Waals surface area contributed by atoms with Crippen LogP contribution in [0.4, 0.5) is 0 Å². The zero-order chi connectivity index (χ0) is 16.6. The Morgan fingerprint density at radius 2 is 1.83 bits per heavy atom. The number of hydrogen-bond donors (Lipinski definition) is 0. The van der Waals surface area contributed by atoms with E-state index in [9.17, 15) is 4.79 Å². The monoisotopic (exact) mass is 330 g/mol. The van der Waals surface area contributed by atoms with Gasteiger partial charge in [-0.25, -0.2) is 0 Å². The topological polar surface area (TPSA) is 35.5 Å². The number of ketones is 1. The zero-order valence-electron chi connectivity index (χ0n) is 14.6. The van der Waals surface area contributed by atoms with E-state index in [2.05, 4.69) is 12.1 Å². The molecule has 0 N–H and O–H groups in total. The van der Waals surface area contributed by atoms with Gasteiger partial charge in [0.15, 0.2) is 0 Å². The molecule has 1 aromatic rings. The van der Waals surface area contributed by atoms with Gasteiger partial charge in [-0.15, -0.1) is 0 Å². The molecule has 0 radical (unpaired) electrons. The van der Waals surface area contributed by atoms with E-state index in [4.69, 9.17) is 9.47 Å². The summed E-state index contributed by atoms with van der Waals surface area (Å²) in [6.07, 6.45) is 9.86. The van der Waals surface area contributed by atoms with Crippen LogP contribution in [0.25, 0.3) is 0 Å². The van der Waals surface area contributed by atoms with Crippen LogP contribution in [0.5, 0.6) is 0 Å². The van der Waals surface area contributed by atoms with Gasteiger partial charge in [0.25, 0.3) is 0 Å². The molecule has 3 nitrogen and oxygen atoms in total. The van der Waals surface area contributed by atoms with Gasteiger partial charge >= 0.3 is 0 Å². The fraction of sp³-hybridized carbons (Fsp3) is 0.667. The first-order chi connectivity index (χ1) is 11.8. The van der Waals surface area contributed by atoms with Gasteiger partial charge in [0.05, 0.1) is 18.8 Å². The molecule has 1 aromatic carbocycles. The Bertz CT molecular complexity index is 493. The fourth-order valence-corrected chi connectivity index (χ4v) is 4.04. The molecule has 1 heterocycles. The zero-order valence-corrected chi connectivity index (χ0v) is 14.6. The van der Waals surface area contributed by atoms with E-state index in [-0.39, 0.29) is 12.2 Å². The van der Waals surface area contributed by atoms with Crippen molar-refractivity contribution in [2.75, 3.05) is 6.61 Å². The molecule has 0 unspecified atom stereocenters. The van der Waals surface area contributed by atoms with Crippen molar-refractivity contribution < 1.29 is 14.3 Å². The Morgan fingerprint density at radius 1 is 1.04 bits per heavy atom. The maximum Gasteiger partial charge on any atom is 0.138 e. The van der Waals surface area contributed by atoms with E-state index in [0.717, 1.165) is 19.4 Å². The Kier molecular flexibility index (Phi) is 6.86. The average Bonchev–Trinajstić information content (AvgIpc) is 2.63. The highest BCUT2D eigenvalue weighted by molar-refractivity contribution is 5.80. The third-order valence-electron chi connectivity index (χ3n) is 5.35. The maximum atomic E-state index is 12.1. The second-order valence-corrected chi connectivity index (χ2v) is 7.32. The Hall–Kier alpha value is -1.19. The summed E-state index contributed by atoms with van der Waals surface area (Å²) in [7, 11) is 0. The molecule has 132 valence electrons. The van der Waals surface area contributed by atoms with E-state index in [0.29, 0.717) is 31.1 Å². The summed E-state index contributed by atoms with van der Waals surface area (Å²) in [6.45, 7) is 1.40. The Morgan fingerprint density at radius 3 is 2.62 bits per heavy atom. The van der Waals surface area contributed by atoms with Crippen LogP contribution in [-0.2, 0) is 20.9 Å². The number of ether oxygens (including phenoxy) is 2. The number of carbonyl (C=O) groups is 1. The van der Waals surface area contributed by atoms with E-state index in [1.807, 2.05) is 18.2 Å². The third-order valence-corrected chi connectivity index (χ3v) is 5.35. The van der Waals surface area contributed by atoms with Gasteiger partial charge in [0.1, 0.15) is 5.78 Å². The lowest BCUT2D eigenvalue weighted by Gasteiger charge is -2.36. The van der Waals surface area contributed by atoms with Crippen LogP contribution in [0.1, 0.15) is 63.4 Å². The lowest BCUT2D eigenvalue weighted by molar-refractivity contribution is -0.142. The number of carbonyl (C=O) groups excluding carboxylic acids is 1. The van der Waals surface area contributed by atoms with Crippen molar-refractivity contribution in [2.45, 2.75) is 76.6 Å². The van der Waals surface area contributed by atoms with Gasteiger partial charge in [-0.1, -0.05) is 49.6 Å². The summed E-state index contributed by atoms with van der Waals surface area (Å²) in [5.41, 5.74) is 1.21. The van der Waals surface area contributed by atoms with Crippen LogP contribution in [0.15, 0.2) is 30.3 Å². The fourth-order valence-electron chi connectivity index (χ4n) is 4.04. The van der Waals surface area contributed by atoms with E-state index >= 15 is 0 Å². The van der Waals surface area contributed by atoms with Crippen molar-refractivity contribution in [3.8, 4) is 0 Å². The largest absolute Gasteiger partial charge is 0.377 e. The highest BCUT2D eigenvalue weighted by atomic mass is 16.5. The summed E-state index contributed by atoms with van der Waals surface area (Å²) in [6, 6.07) is 10.2. The molecule has 1 aliphatic heterocycles. The minimum atomic E-state index is 0.110. The number of benzene rings is 1. The van der Waals surface area contributed by atoms with Gasteiger partial charge in [0, 0.05) is 19.4 Å². The summed E-state index contributed by atoms with van der Waals surface area (Å²) < 4.78 is 12.0. The summed E-state index contributed by atoms with van der Waals surface area (Å²) in [5, 5.41) is 0. The van der Waals surface area contributed by atoms with Crippen molar-refractivity contribution in [2.24, 2.45) is 5.92 Å². The molecule has 3 rings (SSSR count). The minimum Gasteiger partial charge on any atom is -0.377 e. The second kappa shape index (κ2) is 9.33. The summed E-state index contributed by atoms with van der Waals surface area (Å²) in [4.78, 5) is 12.1. The van der Waals surface area contributed by atoms with Gasteiger partial charge in [-0.3, -0.25) is 4.79 Å². The van der Waals surface area contributed by atoms with Crippen LogP contribution in [0.2, 0.25) is 0 Å². The van der Waals surface area contributed by atoms with Gasteiger partial charge in [0.2, 0.25) is 0 Å². The summed E-state index contributed by atoms with van der Waals surface area (Å²) >= 11 is 0. The van der Waals surface area contributed by atoms with Crippen molar-refractivity contribution in [1.29, 1.82) is 0 Å². The second-order valence-electron chi connectivity index (χ2n) is 7.32. The van der Waals surface area contributed by atoms with E-state index in [1.165, 1.54) is 37.7 Å². The molecule has 1 saturated heterocycles. The first-order valence-corrected chi connectivity index (χ1v) is 9.60. The lowest BCUT2D eigenvalue weighted by atomic mass is 9.82. The van der Waals surface area contributed by atoms with Gasteiger partial charge in [-0.2, -0.15) is 0 Å². The number of hydrogen-bond acceptors (Lipinski definition) is 3. The predicted molar refractivity (Wildman–Crippen MR) is 94.8 cm³/mol. The first-order valence-electron chi connectivity index (χ1n) is 9.60. The molecule has 0 amide bonds. The lowest BCUT2D eigenvalue weighted by Crippen LogP contribution is -2.38. The SMILES string of the molecule is O=C1C[C@@H](CCCOCc2ccccc2)O[C@@H](C2CCCCC2)C1. The molecular formula is C21H30O3. The summed E-state index contributed by atoms with van der Waals surface area (Å²) in [5.74, 6) is 1.01. The van der Waals surface area contributed by atoms with Crippen molar-refractivity contribution in [3.05, 3.63) is 35.9 Å². The molecule has 2 atom stereocenters.